The zero-order valence-corrected chi connectivity index (χ0v) is 24.0. The van der Waals surface area contributed by atoms with Gasteiger partial charge in [0, 0.05) is 37.7 Å². The minimum atomic E-state index is -0.227. The molecule has 0 radical (unpaired) electrons. The Morgan fingerprint density at radius 2 is 1.52 bits per heavy atom. The van der Waals surface area contributed by atoms with Crippen molar-refractivity contribution in [2.75, 3.05) is 46.1 Å². The van der Waals surface area contributed by atoms with Crippen molar-refractivity contribution < 1.29 is 28.6 Å². The van der Waals surface area contributed by atoms with Gasteiger partial charge in [0.15, 0.2) is 12.4 Å². The molecule has 2 unspecified atom stereocenters. The first-order valence-corrected chi connectivity index (χ1v) is 13.9. The summed E-state index contributed by atoms with van der Waals surface area (Å²) in [6.45, 7) is 7.38. The molecule has 13 nitrogen and oxygen atoms in total. The van der Waals surface area contributed by atoms with Crippen molar-refractivity contribution in [1.82, 2.24) is 36.1 Å². The number of aromatic nitrogens is 4. The summed E-state index contributed by atoms with van der Waals surface area (Å²) in [5.41, 5.74) is 2.79. The van der Waals surface area contributed by atoms with Crippen molar-refractivity contribution in [3.63, 3.8) is 0 Å². The van der Waals surface area contributed by atoms with Gasteiger partial charge in [-0.05, 0) is 37.1 Å². The van der Waals surface area contributed by atoms with Gasteiger partial charge < -0.3 is 24.8 Å². The zero-order valence-electron chi connectivity index (χ0n) is 24.0. The van der Waals surface area contributed by atoms with Gasteiger partial charge in [0.2, 0.25) is 11.7 Å². The molecule has 2 N–H and O–H groups in total. The minimum Gasteiger partial charge on any atom is -0.484 e. The van der Waals surface area contributed by atoms with Gasteiger partial charge in [0.05, 0.1) is 33.0 Å². The normalized spacial score (nSPS) is 15.7. The molecule has 13 heteroatoms. The average Bonchev–Trinajstić information content (AvgIpc) is 3.72. The number of ether oxygens (including phenoxy) is 3. The monoisotopic (exact) mass is 579 g/mol. The van der Waals surface area contributed by atoms with E-state index in [1.165, 1.54) is 0 Å². The van der Waals surface area contributed by atoms with Gasteiger partial charge in [-0.25, -0.2) is 0 Å². The molecule has 1 aliphatic heterocycles. The Morgan fingerprint density at radius 1 is 0.857 bits per heavy atom. The van der Waals surface area contributed by atoms with Crippen LogP contribution in [0.15, 0.2) is 48.5 Å². The van der Waals surface area contributed by atoms with Crippen LogP contribution in [0, 0.1) is 6.92 Å². The van der Waals surface area contributed by atoms with E-state index in [0.29, 0.717) is 69.6 Å². The largest absolute Gasteiger partial charge is 0.484 e. The maximum atomic E-state index is 12.1. The highest BCUT2D eigenvalue weighted by Gasteiger charge is 2.30. The number of hydrogen-bond donors (Lipinski definition) is 2. The summed E-state index contributed by atoms with van der Waals surface area (Å²) in [6.07, 6.45) is 0.247. The first-order valence-electron chi connectivity index (χ1n) is 13.9. The Kier molecular flexibility index (Phi) is 12.1. The SMILES string of the molecule is Cc1nnc(-c2ccc(CNC(=O)CCOCCOCCNC(=O)COc3ccc(CON4CC4C)cc3)cc2)nn1. The Balaban J connectivity index is 0.952. The molecule has 1 saturated heterocycles. The number of nitrogens with one attached hydrogen (secondary N) is 2. The van der Waals surface area contributed by atoms with Gasteiger partial charge in [0.25, 0.3) is 5.91 Å². The van der Waals surface area contributed by atoms with E-state index >= 15 is 0 Å². The van der Waals surface area contributed by atoms with E-state index in [-0.39, 0.29) is 24.8 Å². The second kappa shape index (κ2) is 16.4. The number of carbonyl (C=O) groups is 2. The number of hydrogen-bond acceptors (Lipinski definition) is 11. The lowest BCUT2D eigenvalue weighted by Crippen LogP contribution is -2.31. The van der Waals surface area contributed by atoms with Crippen molar-refractivity contribution in [2.45, 2.75) is 39.5 Å². The number of nitrogens with zero attached hydrogens (tertiary/aromatic N) is 5. The van der Waals surface area contributed by atoms with Crippen molar-refractivity contribution >= 4 is 11.8 Å². The summed E-state index contributed by atoms with van der Waals surface area (Å²) in [5, 5.41) is 23.4. The van der Waals surface area contributed by atoms with E-state index in [9.17, 15) is 9.59 Å². The predicted octanol–water partition coefficient (Wildman–Crippen LogP) is 1.61. The minimum absolute atomic E-state index is 0.0740. The first kappa shape index (κ1) is 30.9. The highest BCUT2D eigenvalue weighted by atomic mass is 16.7. The van der Waals surface area contributed by atoms with Crippen LogP contribution < -0.4 is 15.4 Å². The predicted molar refractivity (Wildman–Crippen MR) is 152 cm³/mol. The summed E-state index contributed by atoms with van der Waals surface area (Å²) in [5.74, 6) is 1.25. The van der Waals surface area contributed by atoms with Gasteiger partial charge in [-0.15, -0.1) is 20.4 Å². The molecule has 2 amide bonds. The van der Waals surface area contributed by atoms with Crippen LogP contribution in [-0.4, -0.2) is 89.4 Å². The molecule has 3 aromatic rings. The number of carbonyl (C=O) groups excluding carboxylic acids is 2. The smallest absolute Gasteiger partial charge is 0.258 e. The number of rotatable bonds is 18. The highest BCUT2D eigenvalue weighted by Crippen LogP contribution is 2.19. The van der Waals surface area contributed by atoms with E-state index in [1.54, 1.807) is 6.92 Å². The molecule has 0 saturated carbocycles. The van der Waals surface area contributed by atoms with Crippen LogP contribution in [0.2, 0.25) is 0 Å². The number of aryl methyl sites for hydroxylation is 1. The fraction of sp³-hybridized carbons (Fsp3) is 0.448. The molecule has 2 heterocycles. The zero-order chi connectivity index (χ0) is 29.6. The lowest BCUT2D eigenvalue weighted by Gasteiger charge is -2.09. The molecular formula is C29H37N7O6. The van der Waals surface area contributed by atoms with Crippen molar-refractivity contribution in [3.05, 3.63) is 65.5 Å². The topological polar surface area (TPSA) is 150 Å². The molecule has 1 aromatic heterocycles. The van der Waals surface area contributed by atoms with Crippen LogP contribution >= 0.6 is 0 Å². The molecule has 224 valence electrons. The third kappa shape index (κ3) is 11.1. The van der Waals surface area contributed by atoms with Crippen LogP contribution in [0.1, 0.15) is 30.3 Å². The third-order valence-corrected chi connectivity index (χ3v) is 6.19. The lowest BCUT2D eigenvalue weighted by atomic mass is 10.1. The van der Waals surface area contributed by atoms with Crippen molar-refractivity contribution in [2.24, 2.45) is 0 Å². The molecular weight excluding hydrogens is 542 g/mol. The summed E-state index contributed by atoms with van der Waals surface area (Å²) in [7, 11) is 0. The summed E-state index contributed by atoms with van der Waals surface area (Å²) in [6, 6.07) is 15.5. The fourth-order valence-corrected chi connectivity index (χ4v) is 3.64. The molecule has 1 aliphatic rings. The van der Waals surface area contributed by atoms with Crippen molar-refractivity contribution in [3.8, 4) is 17.1 Å². The molecule has 0 spiro atoms. The fourth-order valence-electron chi connectivity index (χ4n) is 3.64. The Bertz CT molecular complexity index is 1260. The van der Waals surface area contributed by atoms with E-state index in [4.69, 9.17) is 19.0 Å². The van der Waals surface area contributed by atoms with Gasteiger partial charge in [-0.2, -0.15) is 5.06 Å². The lowest BCUT2D eigenvalue weighted by molar-refractivity contribution is -0.123. The Labute approximate surface area is 244 Å². The molecule has 1 fully saturated rings. The van der Waals surface area contributed by atoms with Gasteiger partial charge in [-0.3, -0.25) is 14.4 Å². The quantitative estimate of drug-likeness (QED) is 0.167. The van der Waals surface area contributed by atoms with Gasteiger partial charge in [0.1, 0.15) is 5.75 Å². The standard InChI is InChI=1S/C29H37N7O6/c1-21-18-36(21)42-19-24-5-9-26(10-6-24)41-20-28(38)30-12-14-40-16-15-39-13-11-27(37)31-17-23-3-7-25(8-4-23)29-34-32-22(2)33-35-29/h3-10,21H,11-20H2,1-2H3,(H,30,38)(H,31,37). The maximum Gasteiger partial charge on any atom is 0.258 e. The van der Waals surface area contributed by atoms with Crippen LogP contribution in [0.25, 0.3) is 11.4 Å². The molecule has 2 atom stereocenters. The molecule has 0 aliphatic carbocycles. The average molecular weight is 580 g/mol. The second-order valence-electron chi connectivity index (χ2n) is 9.72. The first-order chi connectivity index (χ1) is 20.5. The summed E-state index contributed by atoms with van der Waals surface area (Å²) < 4.78 is 16.4. The van der Waals surface area contributed by atoms with Crippen LogP contribution in [0.4, 0.5) is 0 Å². The van der Waals surface area contributed by atoms with E-state index < -0.39 is 0 Å². The molecule has 4 rings (SSSR count). The van der Waals surface area contributed by atoms with Crippen LogP contribution in [-0.2, 0) is 37.1 Å². The summed E-state index contributed by atoms with van der Waals surface area (Å²) >= 11 is 0. The molecule has 42 heavy (non-hydrogen) atoms. The number of hydroxylamine groups is 2. The Morgan fingerprint density at radius 3 is 2.21 bits per heavy atom. The third-order valence-electron chi connectivity index (χ3n) is 6.19. The van der Waals surface area contributed by atoms with Crippen molar-refractivity contribution in [1.29, 1.82) is 0 Å². The van der Waals surface area contributed by atoms with Crippen LogP contribution in [0.5, 0.6) is 5.75 Å². The Hall–Kier alpha value is -4.04. The van der Waals surface area contributed by atoms with E-state index in [1.807, 2.05) is 53.6 Å². The van der Waals surface area contributed by atoms with E-state index in [2.05, 4.69) is 38.0 Å². The molecule has 0 bridgehead atoms. The number of benzene rings is 2. The highest BCUT2D eigenvalue weighted by molar-refractivity contribution is 5.77. The van der Waals surface area contributed by atoms with Gasteiger partial charge in [-0.1, -0.05) is 36.4 Å². The second-order valence-corrected chi connectivity index (χ2v) is 9.72. The van der Waals surface area contributed by atoms with Crippen LogP contribution in [0.3, 0.4) is 0 Å². The van der Waals surface area contributed by atoms with E-state index in [0.717, 1.165) is 23.2 Å². The molecule has 2 aromatic carbocycles. The summed E-state index contributed by atoms with van der Waals surface area (Å²) in [4.78, 5) is 29.7. The number of amides is 2. The maximum absolute atomic E-state index is 12.1. The van der Waals surface area contributed by atoms with Gasteiger partial charge >= 0.3 is 0 Å².